The number of Topliss-reactive ketones (excluding diaryl/α,β-unsaturated/α-hetero) is 1. The van der Waals surface area contributed by atoms with Gasteiger partial charge in [-0.25, -0.2) is 0 Å². The van der Waals surface area contributed by atoms with E-state index in [2.05, 4.69) is 13.8 Å². The average Bonchev–Trinajstić information content (AvgIpc) is 2.73. The van der Waals surface area contributed by atoms with Gasteiger partial charge in [0.05, 0.1) is 18.6 Å². The van der Waals surface area contributed by atoms with Crippen LogP contribution in [-0.4, -0.2) is 66.6 Å². The zero-order chi connectivity index (χ0) is 25.8. The smallest absolute Gasteiger partial charge is 0.402 e. The molecule has 35 heavy (non-hydrogen) atoms. The summed E-state index contributed by atoms with van der Waals surface area (Å²) in [5, 5.41) is -4.72. The van der Waals surface area contributed by atoms with Gasteiger partial charge in [0.2, 0.25) is 0 Å². The Kier molecular flexibility index (Phi) is 7.41. The first-order chi connectivity index (χ1) is 16.2. The van der Waals surface area contributed by atoms with E-state index in [1.54, 1.807) is 6.92 Å². The lowest BCUT2D eigenvalue weighted by Gasteiger charge is -2.61. The Morgan fingerprint density at radius 1 is 1.14 bits per heavy atom. The van der Waals surface area contributed by atoms with E-state index >= 15 is 0 Å². The average molecular weight is 540 g/mol. The standard InChI is InChI=1S/C24H36F2O7S2/c1-15(27)20(34-6-4-32-5-7-34)22(2,3)13-19-18-9-16-8-17(10-18)12-23(19,11-16)21(28)33-14-24(25,26)35(29,30)31/h16-20H,4-14H2,1-3H3/p+1. The van der Waals surface area contributed by atoms with Crippen LogP contribution in [0.2, 0.25) is 0 Å². The number of halogens is 2. The predicted octanol–water partition coefficient (Wildman–Crippen LogP) is 3.48. The minimum atomic E-state index is -5.69. The van der Waals surface area contributed by atoms with Crippen molar-refractivity contribution in [1.82, 2.24) is 0 Å². The quantitative estimate of drug-likeness (QED) is 0.272. The first-order valence-corrected chi connectivity index (χ1v) is 15.5. The molecule has 1 heterocycles. The highest BCUT2D eigenvalue weighted by Gasteiger charge is 2.63. The number of hydrogen-bond acceptors (Lipinski definition) is 6. The third-order valence-electron chi connectivity index (χ3n) is 8.82. The fourth-order valence-corrected chi connectivity index (χ4v) is 10.9. The molecule has 0 radical (unpaired) electrons. The first kappa shape index (κ1) is 27.3. The number of rotatable bonds is 9. The molecule has 5 aliphatic rings. The highest BCUT2D eigenvalue weighted by Crippen LogP contribution is 2.65. The number of ether oxygens (including phenoxy) is 2. The highest BCUT2D eigenvalue weighted by molar-refractivity contribution is 7.98. The van der Waals surface area contributed by atoms with Crippen molar-refractivity contribution < 1.29 is 40.8 Å². The van der Waals surface area contributed by atoms with Crippen LogP contribution in [-0.2, 0) is 40.1 Å². The van der Waals surface area contributed by atoms with Crippen molar-refractivity contribution in [3.8, 4) is 0 Å². The summed E-state index contributed by atoms with van der Waals surface area (Å²) in [6.45, 7) is 5.37. The summed E-state index contributed by atoms with van der Waals surface area (Å²) in [7, 11) is -5.81. The Hall–Kier alpha value is -0.780. The molecule has 4 saturated carbocycles. The molecule has 0 spiro atoms. The van der Waals surface area contributed by atoms with Gasteiger partial charge >= 0.3 is 21.3 Å². The van der Waals surface area contributed by atoms with E-state index < -0.39 is 38.8 Å². The molecule has 0 aromatic heterocycles. The van der Waals surface area contributed by atoms with Crippen LogP contribution >= 0.6 is 0 Å². The molecule has 0 aromatic carbocycles. The number of ketones is 1. The first-order valence-electron chi connectivity index (χ1n) is 12.4. The normalized spacial score (nSPS) is 34.6. The number of hydrogen-bond donors (Lipinski definition) is 1. The molecule has 1 saturated heterocycles. The van der Waals surface area contributed by atoms with Gasteiger partial charge in [0.1, 0.15) is 11.5 Å². The topological polar surface area (TPSA) is 107 Å². The lowest BCUT2D eigenvalue weighted by atomic mass is 9.43. The second-order valence-corrected chi connectivity index (χ2v) is 15.7. The highest BCUT2D eigenvalue weighted by atomic mass is 32.2. The van der Waals surface area contributed by atoms with Gasteiger partial charge in [-0.2, -0.15) is 17.2 Å². The van der Waals surface area contributed by atoms with Crippen LogP contribution in [0.25, 0.3) is 0 Å². The molecule has 5 rings (SSSR count). The van der Waals surface area contributed by atoms with Crippen molar-refractivity contribution >= 4 is 32.8 Å². The van der Waals surface area contributed by atoms with Crippen LogP contribution in [0.5, 0.6) is 0 Å². The molecule has 4 unspecified atom stereocenters. The molecule has 11 heteroatoms. The Morgan fingerprint density at radius 3 is 2.23 bits per heavy atom. The molecule has 200 valence electrons. The summed E-state index contributed by atoms with van der Waals surface area (Å²) >= 11 is 0. The van der Waals surface area contributed by atoms with Crippen molar-refractivity contribution in [1.29, 1.82) is 0 Å². The summed E-state index contributed by atoms with van der Waals surface area (Å²) in [5.41, 5.74) is -1.36. The van der Waals surface area contributed by atoms with Gasteiger partial charge in [0.15, 0.2) is 17.6 Å². The Bertz CT molecular complexity index is 932. The minimum Gasteiger partial charge on any atom is -0.458 e. The fourth-order valence-electron chi connectivity index (χ4n) is 7.88. The van der Waals surface area contributed by atoms with Gasteiger partial charge in [0, 0.05) is 16.3 Å². The van der Waals surface area contributed by atoms with E-state index in [4.69, 9.17) is 14.0 Å². The second kappa shape index (κ2) is 9.51. The van der Waals surface area contributed by atoms with Crippen LogP contribution in [0, 0.1) is 34.5 Å². The zero-order valence-corrected chi connectivity index (χ0v) is 22.3. The van der Waals surface area contributed by atoms with Gasteiger partial charge in [0.25, 0.3) is 0 Å². The van der Waals surface area contributed by atoms with Crippen molar-refractivity contribution in [3.63, 3.8) is 0 Å². The Balaban J connectivity index is 1.60. The number of carbonyl (C=O) groups is 2. The van der Waals surface area contributed by atoms with Crippen LogP contribution in [0.3, 0.4) is 0 Å². The lowest BCUT2D eigenvalue weighted by Crippen LogP contribution is -2.59. The minimum absolute atomic E-state index is 0.122. The maximum Gasteiger partial charge on any atom is 0.402 e. The van der Waals surface area contributed by atoms with Crippen molar-refractivity contribution in [2.45, 2.75) is 69.8 Å². The molecule has 4 aliphatic carbocycles. The van der Waals surface area contributed by atoms with Crippen molar-refractivity contribution in [2.75, 3.05) is 31.3 Å². The zero-order valence-electron chi connectivity index (χ0n) is 20.6. The van der Waals surface area contributed by atoms with E-state index in [1.807, 2.05) is 0 Å². The molecule has 0 amide bonds. The third-order valence-corrected chi connectivity index (χ3v) is 12.7. The molecule has 0 aromatic rings. The summed E-state index contributed by atoms with van der Waals surface area (Å²) < 4.78 is 69.1. The molecule has 1 aliphatic heterocycles. The third kappa shape index (κ3) is 5.16. The van der Waals surface area contributed by atoms with E-state index in [1.165, 1.54) is 0 Å². The Labute approximate surface area is 209 Å². The number of esters is 1. The van der Waals surface area contributed by atoms with Crippen LogP contribution < -0.4 is 0 Å². The second-order valence-electron chi connectivity index (χ2n) is 11.8. The van der Waals surface area contributed by atoms with Gasteiger partial charge < -0.3 is 9.47 Å². The van der Waals surface area contributed by atoms with Crippen LogP contribution in [0.1, 0.15) is 59.3 Å². The SMILES string of the molecule is CC(=O)C([S+]1CCOCC1)C(C)(C)CC1C2CC3CC(C2)CC1(C(=O)OCC(F)(F)S(=O)(=O)O)C3. The molecule has 5 fully saturated rings. The predicted molar refractivity (Wildman–Crippen MR) is 128 cm³/mol. The van der Waals surface area contributed by atoms with Gasteiger partial charge in [-0.05, 0) is 69.1 Å². The molecule has 4 bridgehead atoms. The lowest BCUT2D eigenvalue weighted by molar-refractivity contribution is -0.191. The van der Waals surface area contributed by atoms with E-state index in [9.17, 15) is 26.8 Å². The maximum atomic E-state index is 13.9. The van der Waals surface area contributed by atoms with Gasteiger partial charge in [-0.3, -0.25) is 14.1 Å². The summed E-state index contributed by atoms with van der Waals surface area (Å²) in [6, 6.07) is 0. The number of carbonyl (C=O) groups excluding carboxylic acids is 2. The number of alkyl halides is 2. The molecule has 7 nitrogen and oxygen atoms in total. The van der Waals surface area contributed by atoms with Crippen molar-refractivity contribution in [2.24, 2.45) is 34.5 Å². The van der Waals surface area contributed by atoms with E-state index in [0.29, 0.717) is 44.3 Å². The molecular weight excluding hydrogens is 502 g/mol. The summed E-state index contributed by atoms with van der Waals surface area (Å²) in [4.78, 5) is 26.3. The van der Waals surface area contributed by atoms with Crippen molar-refractivity contribution in [3.05, 3.63) is 0 Å². The van der Waals surface area contributed by atoms with Crippen LogP contribution in [0.15, 0.2) is 0 Å². The summed E-state index contributed by atoms with van der Waals surface area (Å²) in [6.07, 6.45) is 4.68. The molecular formula is C24H37F2O7S2+. The monoisotopic (exact) mass is 539 g/mol. The van der Waals surface area contributed by atoms with E-state index in [0.717, 1.165) is 30.8 Å². The summed E-state index contributed by atoms with van der Waals surface area (Å²) in [5.74, 6) is 1.80. The largest absolute Gasteiger partial charge is 0.458 e. The van der Waals surface area contributed by atoms with Gasteiger partial charge in [-0.1, -0.05) is 13.8 Å². The fraction of sp³-hybridized carbons (Fsp3) is 0.917. The maximum absolute atomic E-state index is 13.9. The van der Waals surface area contributed by atoms with Gasteiger partial charge in [-0.15, -0.1) is 0 Å². The van der Waals surface area contributed by atoms with Crippen LogP contribution in [0.4, 0.5) is 8.78 Å². The molecule has 1 N–H and O–H groups in total. The Morgan fingerprint density at radius 2 is 1.71 bits per heavy atom. The van der Waals surface area contributed by atoms with E-state index in [-0.39, 0.29) is 33.8 Å². The molecule has 4 atom stereocenters.